The van der Waals surface area contributed by atoms with Crippen molar-refractivity contribution in [1.82, 2.24) is 19.2 Å². The Morgan fingerprint density at radius 3 is 2.84 bits per heavy atom. The minimum atomic E-state index is -1.31. The normalized spacial score (nSPS) is 27.7. The van der Waals surface area contributed by atoms with E-state index in [0.29, 0.717) is 38.8 Å². The van der Waals surface area contributed by atoms with Crippen molar-refractivity contribution >= 4 is 22.9 Å². The quantitative estimate of drug-likeness (QED) is 0.673. The summed E-state index contributed by atoms with van der Waals surface area (Å²) >= 11 is -1.31. The molecule has 3 saturated heterocycles. The monoisotopic (exact) mass is 363 g/mol. The van der Waals surface area contributed by atoms with Gasteiger partial charge in [0.1, 0.15) is 5.82 Å². The zero-order valence-corrected chi connectivity index (χ0v) is 14.8. The van der Waals surface area contributed by atoms with Gasteiger partial charge < -0.3 is 14.5 Å². The molecular weight excluding hydrogens is 342 g/mol. The van der Waals surface area contributed by atoms with Crippen molar-refractivity contribution in [3.8, 4) is 6.19 Å². The number of aromatic nitrogens is 2. The highest BCUT2D eigenvalue weighted by atomic mass is 32.2. The second kappa shape index (κ2) is 7.11. The van der Waals surface area contributed by atoms with E-state index in [1.54, 1.807) is 15.4 Å². The van der Waals surface area contributed by atoms with Crippen LogP contribution in [0.3, 0.4) is 0 Å². The van der Waals surface area contributed by atoms with Gasteiger partial charge >= 0.3 is 0 Å². The molecule has 3 aliphatic rings. The summed E-state index contributed by atoms with van der Waals surface area (Å²) in [4.78, 5) is 12.8. The molecule has 3 fully saturated rings. The van der Waals surface area contributed by atoms with Crippen LogP contribution in [0.25, 0.3) is 0 Å². The maximum absolute atomic E-state index is 12.9. The molecule has 0 aliphatic carbocycles. The molecular formula is C15H21N7O2S. The number of ether oxygens (including phenoxy) is 1. The molecule has 0 N–H and O–H groups in total. The van der Waals surface area contributed by atoms with E-state index in [2.05, 4.69) is 21.1 Å². The van der Waals surface area contributed by atoms with Crippen LogP contribution in [0.5, 0.6) is 0 Å². The summed E-state index contributed by atoms with van der Waals surface area (Å²) in [5.41, 5.74) is 0. The van der Waals surface area contributed by atoms with Crippen LogP contribution in [0.1, 0.15) is 6.42 Å². The Hall–Kier alpha value is -1.96. The van der Waals surface area contributed by atoms with Crippen molar-refractivity contribution in [3.05, 3.63) is 12.3 Å². The maximum atomic E-state index is 12.9. The Balaban J connectivity index is 1.47. The van der Waals surface area contributed by atoms with E-state index >= 15 is 0 Å². The van der Waals surface area contributed by atoms with Crippen LogP contribution < -0.4 is 9.21 Å². The number of likely N-dealkylation sites (tertiary alicyclic amines) is 1. The number of rotatable bonds is 3. The van der Waals surface area contributed by atoms with Crippen molar-refractivity contribution < 1.29 is 8.95 Å². The molecule has 4 heterocycles. The van der Waals surface area contributed by atoms with Gasteiger partial charge in [0, 0.05) is 51.5 Å². The van der Waals surface area contributed by atoms with E-state index in [1.165, 1.54) is 0 Å². The van der Waals surface area contributed by atoms with Crippen LogP contribution >= 0.6 is 0 Å². The average Bonchev–Trinajstić information content (AvgIpc) is 3.29. The van der Waals surface area contributed by atoms with Crippen LogP contribution in [0, 0.1) is 11.5 Å². The van der Waals surface area contributed by atoms with Crippen molar-refractivity contribution in [1.29, 1.82) is 5.26 Å². The Bertz CT molecular complexity index is 691. The molecule has 2 unspecified atom stereocenters. The first-order valence-electron chi connectivity index (χ1n) is 8.53. The summed E-state index contributed by atoms with van der Waals surface area (Å²) in [7, 11) is 0. The first-order chi connectivity index (χ1) is 12.3. The molecule has 2 atom stereocenters. The molecule has 0 saturated carbocycles. The fourth-order valence-corrected chi connectivity index (χ4v) is 4.83. The lowest BCUT2D eigenvalue weighted by atomic mass is 10.2. The first-order valence-corrected chi connectivity index (χ1v) is 9.59. The Morgan fingerprint density at radius 1 is 1.24 bits per heavy atom. The molecule has 0 aromatic carbocycles. The highest BCUT2D eigenvalue weighted by Crippen LogP contribution is 2.26. The summed E-state index contributed by atoms with van der Waals surface area (Å²) in [6.07, 6.45) is 4.76. The van der Waals surface area contributed by atoms with Gasteiger partial charge in [0.15, 0.2) is 6.19 Å². The fraction of sp³-hybridized carbons (Fsp3) is 0.667. The van der Waals surface area contributed by atoms with E-state index in [1.807, 2.05) is 10.4 Å². The van der Waals surface area contributed by atoms with Crippen LogP contribution in [-0.4, -0.2) is 81.9 Å². The summed E-state index contributed by atoms with van der Waals surface area (Å²) in [5.74, 6) is 1.35. The standard InChI is InChI=1S/C15H21N7O2S/c16-12-19-4-2-13(11-19)21-5-6-22(25(21)23)15-17-3-1-14(18-15)20-7-9-24-10-8-20/h1,3,13H,2,4-11H2. The Kier molecular flexibility index (Phi) is 4.70. The average molecular weight is 363 g/mol. The third-order valence-corrected chi connectivity index (χ3v) is 6.42. The third-order valence-electron chi connectivity index (χ3n) is 4.81. The van der Waals surface area contributed by atoms with E-state index in [-0.39, 0.29) is 6.04 Å². The van der Waals surface area contributed by atoms with Crippen molar-refractivity contribution in [2.45, 2.75) is 12.5 Å². The third kappa shape index (κ3) is 3.27. The summed E-state index contributed by atoms with van der Waals surface area (Å²) in [5, 5.41) is 9.01. The van der Waals surface area contributed by atoms with Gasteiger partial charge in [-0.1, -0.05) is 0 Å². The Labute approximate surface area is 149 Å². The first kappa shape index (κ1) is 16.5. The summed E-state index contributed by atoms with van der Waals surface area (Å²) in [6, 6.07) is 2.03. The highest BCUT2D eigenvalue weighted by molar-refractivity contribution is 7.84. The lowest BCUT2D eigenvalue weighted by Crippen LogP contribution is -2.38. The van der Waals surface area contributed by atoms with Gasteiger partial charge in [0.25, 0.3) is 0 Å². The molecule has 4 rings (SSSR count). The zero-order valence-electron chi connectivity index (χ0n) is 14.0. The number of morpholine rings is 1. The van der Waals surface area contributed by atoms with Gasteiger partial charge in [-0.3, -0.25) is 0 Å². The van der Waals surface area contributed by atoms with E-state index in [0.717, 1.165) is 31.9 Å². The number of hydrogen-bond acceptors (Lipinski definition) is 7. The molecule has 10 heteroatoms. The van der Waals surface area contributed by atoms with E-state index < -0.39 is 11.2 Å². The molecule has 0 bridgehead atoms. The van der Waals surface area contributed by atoms with Crippen LogP contribution in [0.2, 0.25) is 0 Å². The maximum Gasteiger partial charge on any atom is 0.240 e. The van der Waals surface area contributed by atoms with Gasteiger partial charge in [-0.05, 0) is 12.5 Å². The minimum absolute atomic E-state index is 0.146. The molecule has 25 heavy (non-hydrogen) atoms. The minimum Gasteiger partial charge on any atom is -0.378 e. The number of anilines is 2. The topological polar surface area (TPSA) is 88.8 Å². The van der Waals surface area contributed by atoms with Gasteiger partial charge in [-0.2, -0.15) is 14.6 Å². The van der Waals surface area contributed by atoms with Crippen LogP contribution in [-0.2, 0) is 15.9 Å². The summed E-state index contributed by atoms with van der Waals surface area (Å²) in [6.45, 7) is 5.70. The van der Waals surface area contributed by atoms with Crippen molar-refractivity contribution in [2.75, 3.05) is 61.7 Å². The highest BCUT2D eigenvalue weighted by Gasteiger charge is 2.38. The molecule has 134 valence electrons. The fourth-order valence-electron chi connectivity index (χ4n) is 3.45. The zero-order chi connectivity index (χ0) is 17.2. The molecule has 3 aliphatic heterocycles. The van der Waals surface area contributed by atoms with E-state index in [4.69, 9.17) is 10.00 Å². The second-order valence-electron chi connectivity index (χ2n) is 6.28. The van der Waals surface area contributed by atoms with E-state index in [9.17, 15) is 4.21 Å². The number of nitriles is 1. The summed E-state index contributed by atoms with van der Waals surface area (Å²) < 4.78 is 22.0. The molecule has 1 aromatic rings. The van der Waals surface area contributed by atoms with Crippen molar-refractivity contribution in [2.24, 2.45) is 0 Å². The number of hydrogen-bond donors (Lipinski definition) is 0. The number of nitrogens with zero attached hydrogens (tertiary/aromatic N) is 7. The largest absolute Gasteiger partial charge is 0.378 e. The second-order valence-corrected chi connectivity index (χ2v) is 7.65. The predicted octanol–water partition coefficient (Wildman–Crippen LogP) is -0.431. The molecule has 0 amide bonds. The smallest absolute Gasteiger partial charge is 0.240 e. The van der Waals surface area contributed by atoms with Crippen LogP contribution in [0.4, 0.5) is 11.8 Å². The molecule has 9 nitrogen and oxygen atoms in total. The van der Waals surface area contributed by atoms with Crippen LogP contribution in [0.15, 0.2) is 12.3 Å². The van der Waals surface area contributed by atoms with Gasteiger partial charge in [0.2, 0.25) is 17.1 Å². The van der Waals surface area contributed by atoms with Gasteiger partial charge in [0.05, 0.1) is 13.2 Å². The van der Waals surface area contributed by atoms with Crippen molar-refractivity contribution in [3.63, 3.8) is 0 Å². The molecule has 1 aromatic heterocycles. The predicted molar refractivity (Wildman–Crippen MR) is 92.8 cm³/mol. The molecule has 0 radical (unpaired) electrons. The lowest BCUT2D eigenvalue weighted by molar-refractivity contribution is 0.122. The van der Waals surface area contributed by atoms with Gasteiger partial charge in [-0.25, -0.2) is 13.5 Å². The Morgan fingerprint density at radius 2 is 2.08 bits per heavy atom. The molecule has 0 spiro atoms. The SMILES string of the molecule is N#CN1CCC(N2CCN(c3nccc(N4CCOCC4)n3)S2=O)C1. The van der Waals surface area contributed by atoms with Gasteiger partial charge in [-0.15, -0.1) is 0 Å². The lowest BCUT2D eigenvalue weighted by Gasteiger charge is -2.28.